The van der Waals surface area contributed by atoms with Gasteiger partial charge in [-0.05, 0) is 26.0 Å². The maximum absolute atomic E-state index is 13.2. The minimum absolute atomic E-state index is 0.246. The second kappa shape index (κ2) is 6.68. The number of hydrogen-bond acceptors (Lipinski definition) is 3. The second-order valence-electron chi connectivity index (χ2n) is 3.45. The third kappa shape index (κ3) is 4.26. The molecule has 92 valence electrons. The van der Waals surface area contributed by atoms with E-state index in [0.29, 0.717) is 18.7 Å². The van der Waals surface area contributed by atoms with Crippen molar-refractivity contribution in [1.29, 1.82) is 0 Å². The van der Waals surface area contributed by atoms with Crippen LogP contribution >= 0.6 is 0 Å². The summed E-state index contributed by atoms with van der Waals surface area (Å²) in [6.07, 6.45) is 2.99. The first-order valence-electron chi connectivity index (χ1n) is 5.47. The number of carbonyl (C=O) groups is 1. The van der Waals surface area contributed by atoms with Crippen LogP contribution in [0.1, 0.15) is 12.5 Å². The maximum Gasteiger partial charge on any atom is 0.330 e. The van der Waals surface area contributed by atoms with Crippen LogP contribution in [0.4, 0.5) is 10.1 Å². The van der Waals surface area contributed by atoms with Gasteiger partial charge in [-0.3, -0.25) is 0 Å². The largest absolute Gasteiger partial charge is 0.463 e. The molecule has 0 aliphatic carbocycles. The third-order valence-electron chi connectivity index (χ3n) is 2.22. The standard InChI is InChI=1S/C13H16FNO2/c1-3-17-13(16)8-5-9-15-12-7-4-6-11(14)10(12)2/h4-8,15H,3,9H2,1-2H3/b8-5+. The first-order valence-corrected chi connectivity index (χ1v) is 5.47. The van der Waals surface area contributed by atoms with Gasteiger partial charge in [-0.1, -0.05) is 12.1 Å². The maximum atomic E-state index is 13.2. The first-order chi connectivity index (χ1) is 8.15. The number of rotatable bonds is 5. The second-order valence-corrected chi connectivity index (χ2v) is 3.45. The molecule has 0 atom stereocenters. The summed E-state index contributed by atoms with van der Waals surface area (Å²) in [5, 5.41) is 3.02. The first kappa shape index (κ1) is 13.2. The fourth-order valence-electron chi connectivity index (χ4n) is 1.31. The third-order valence-corrected chi connectivity index (χ3v) is 2.22. The van der Waals surface area contributed by atoms with Crippen LogP contribution < -0.4 is 5.32 Å². The summed E-state index contributed by atoms with van der Waals surface area (Å²) in [5.74, 6) is -0.616. The fourth-order valence-corrected chi connectivity index (χ4v) is 1.31. The van der Waals surface area contributed by atoms with Gasteiger partial charge in [0.1, 0.15) is 5.82 Å². The van der Waals surface area contributed by atoms with Crippen LogP contribution in [0.15, 0.2) is 30.4 Å². The van der Waals surface area contributed by atoms with Crippen LogP contribution in [0, 0.1) is 12.7 Å². The van der Waals surface area contributed by atoms with Gasteiger partial charge in [-0.25, -0.2) is 9.18 Å². The molecule has 1 rings (SSSR count). The lowest BCUT2D eigenvalue weighted by Gasteiger charge is -2.07. The van der Waals surface area contributed by atoms with E-state index < -0.39 is 0 Å². The van der Waals surface area contributed by atoms with E-state index in [4.69, 9.17) is 4.74 Å². The molecule has 0 spiro atoms. The Hall–Kier alpha value is -1.84. The summed E-state index contributed by atoms with van der Waals surface area (Å²) in [4.78, 5) is 11.0. The number of halogens is 1. The van der Waals surface area contributed by atoms with Gasteiger partial charge in [0.05, 0.1) is 6.61 Å². The number of anilines is 1. The van der Waals surface area contributed by atoms with Crippen molar-refractivity contribution in [2.45, 2.75) is 13.8 Å². The number of benzene rings is 1. The van der Waals surface area contributed by atoms with Crippen molar-refractivity contribution < 1.29 is 13.9 Å². The molecule has 17 heavy (non-hydrogen) atoms. The Labute approximate surface area is 100 Å². The summed E-state index contributed by atoms with van der Waals surface area (Å²) >= 11 is 0. The molecular formula is C13H16FNO2. The van der Waals surface area contributed by atoms with E-state index in [1.54, 1.807) is 32.1 Å². The summed E-state index contributed by atoms with van der Waals surface area (Å²) < 4.78 is 17.9. The van der Waals surface area contributed by atoms with Crippen molar-refractivity contribution >= 4 is 11.7 Å². The molecule has 0 saturated carbocycles. The highest BCUT2D eigenvalue weighted by molar-refractivity contribution is 5.81. The lowest BCUT2D eigenvalue weighted by molar-refractivity contribution is -0.137. The Bertz CT molecular complexity index is 416. The molecule has 0 bridgehead atoms. The van der Waals surface area contributed by atoms with Crippen molar-refractivity contribution in [1.82, 2.24) is 0 Å². The molecule has 4 heteroatoms. The number of carbonyl (C=O) groups excluding carboxylic acids is 1. The number of hydrogen-bond donors (Lipinski definition) is 1. The van der Waals surface area contributed by atoms with E-state index in [9.17, 15) is 9.18 Å². The van der Waals surface area contributed by atoms with E-state index in [0.717, 1.165) is 5.69 Å². The predicted molar refractivity (Wildman–Crippen MR) is 65.4 cm³/mol. The molecule has 0 unspecified atom stereocenters. The quantitative estimate of drug-likeness (QED) is 0.632. The minimum atomic E-state index is -0.370. The predicted octanol–water partition coefficient (Wildman–Crippen LogP) is 2.67. The lowest BCUT2D eigenvalue weighted by Crippen LogP contribution is -2.03. The SMILES string of the molecule is CCOC(=O)/C=C/CNc1cccc(F)c1C. The van der Waals surface area contributed by atoms with Gasteiger partial charge in [0.2, 0.25) is 0 Å². The van der Waals surface area contributed by atoms with Crippen LogP contribution in [0.5, 0.6) is 0 Å². The van der Waals surface area contributed by atoms with Gasteiger partial charge in [-0.15, -0.1) is 0 Å². The molecule has 0 saturated heterocycles. The Morgan fingerprint density at radius 1 is 1.53 bits per heavy atom. The zero-order chi connectivity index (χ0) is 12.7. The molecule has 1 aromatic rings. The van der Waals surface area contributed by atoms with Crippen molar-refractivity contribution in [2.24, 2.45) is 0 Å². The van der Waals surface area contributed by atoms with Gasteiger partial charge in [0.15, 0.2) is 0 Å². The van der Waals surface area contributed by atoms with Crippen molar-refractivity contribution in [3.05, 3.63) is 41.7 Å². The van der Waals surface area contributed by atoms with E-state index in [-0.39, 0.29) is 11.8 Å². The topological polar surface area (TPSA) is 38.3 Å². The number of ether oxygens (including phenoxy) is 1. The number of nitrogens with one attached hydrogen (secondary N) is 1. The van der Waals surface area contributed by atoms with Crippen LogP contribution in [-0.4, -0.2) is 19.1 Å². The minimum Gasteiger partial charge on any atom is -0.463 e. The molecule has 0 aliphatic rings. The molecule has 1 aromatic carbocycles. The highest BCUT2D eigenvalue weighted by Gasteiger charge is 2.01. The normalized spacial score (nSPS) is 10.5. The highest BCUT2D eigenvalue weighted by atomic mass is 19.1. The molecule has 0 fully saturated rings. The average Bonchev–Trinajstić information content (AvgIpc) is 2.30. The summed E-state index contributed by atoms with van der Waals surface area (Å²) in [7, 11) is 0. The van der Waals surface area contributed by atoms with Crippen molar-refractivity contribution in [3.8, 4) is 0 Å². The van der Waals surface area contributed by atoms with Crippen LogP contribution in [0.2, 0.25) is 0 Å². The Kier molecular flexibility index (Phi) is 5.20. The molecular weight excluding hydrogens is 221 g/mol. The molecule has 3 nitrogen and oxygen atoms in total. The van der Waals surface area contributed by atoms with Crippen LogP contribution in [0.3, 0.4) is 0 Å². The van der Waals surface area contributed by atoms with E-state index >= 15 is 0 Å². The molecule has 0 amide bonds. The monoisotopic (exact) mass is 237 g/mol. The molecule has 0 aromatic heterocycles. The van der Waals surface area contributed by atoms with Gasteiger partial charge in [0.25, 0.3) is 0 Å². The van der Waals surface area contributed by atoms with Crippen LogP contribution in [-0.2, 0) is 9.53 Å². The Morgan fingerprint density at radius 2 is 2.29 bits per heavy atom. The van der Waals surface area contributed by atoms with E-state index in [1.165, 1.54) is 12.1 Å². The fraction of sp³-hybridized carbons (Fsp3) is 0.308. The molecule has 1 N–H and O–H groups in total. The zero-order valence-corrected chi connectivity index (χ0v) is 10.00. The summed E-state index contributed by atoms with van der Waals surface area (Å²) in [5.41, 5.74) is 1.29. The van der Waals surface area contributed by atoms with Gasteiger partial charge < -0.3 is 10.1 Å². The zero-order valence-electron chi connectivity index (χ0n) is 10.00. The van der Waals surface area contributed by atoms with E-state index in [1.807, 2.05) is 0 Å². The van der Waals surface area contributed by atoms with Crippen molar-refractivity contribution in [2.75, 3.05) is 18.5 Å². The van der Waals surface area contributed by atoms with E-state index in [2.05, 4.69) is 5.32 Å². The molecule has 0 aliphatic heterocycles. The summed E-state index contributed by atoms with van der Waals surface area (Å²) in [6.45, 7) is 4.26. The van der Waals surface area contributed by atoms with Gasteiger partial charge >= 0.3 is 5.97 Å². The highest BCUT2D eigenvalue weighted by Crippen LogP contribution is 2.16. The van der Waals surface area contributed by atoms with Gasteiger partial charge in [-0.2, -0.15) is 0 Å². The Morgan fingerprint density at radius 3 is 3.00 bits per heavy atom. The molecule has 0 radical (unpaired) electrons. The van der Waals surface area contributed by atoms with Gasteiger partial charge in [0, 0.05) is 23.9 Å². The van der Waals surface area contributed by atoms with Crippen molar-refractivity contribution in [3.63, 3.8) is 0 Å². The average molecular weight is 237 g/mol. The number of esters is 1. The summed E-state index contributed by atoms with van der Waals surface area (Å²) in [6, 6.07) is 4.84. The van der Waals surface area contributed by atoms with Crippen LogP contribution in [0.25, 0.3) is 0 Å². The smallest absolute Gasteiger partial charge is 0.330 e. The Balaban J connectivity index is 2.46. The lowest BCUT2D eigenvalue weighted by atomic mass is 10.2. The molecule has 0 heterocycles.